The summed E-state index contributed by atoms with van der Waals surface area (Å²) < 4.78 is 85.9. The minimum atomic E-state index is -4.29. The van der Waals surface area contributed by atoms with Crippen molar-refractivity contribution >= 4 is 37.3 Å². The molecule has 2 saturated heterocycles. The fraction of sp³-hybridized carbons (Fsp3) is 0.476. The standard InChI is InChI=1S/C21H25F2N3O7S3/c1-35(28,29)25-9-10-26(17(13-25)21(27)24-33-19-4-2-3-11-32-19)36(30,31)20-8-7-18(34-20)15-6-5-14(22)12-16(15)23/h5-8,12,17,19H,2-4,9-11,13H2,1H3,(H,24,27). The van der Waals surface area contributed by atoms with Crippen LogP contribution in [0.3, 0.4) is 0 Å². The number of hydrogen-bond acceptors (Lipinski definition) is 8. The number of halogens is 2. The number of hydrogen-bond donors (Lipinski definition) is 1. The van der Waals surface area contributed by atoms with Gasteiger partial charge in [-0.25, -0.2) is 35.9 Å². The van der Waals surface area contributed by atoms with Gasteiger partial charge in [-0.05, 0) is 37.1 Å². The van der Waals surface area contributed by atoms with Gasteiger partial charge in [-0.15, -0.1) is 11.3 Å². The van der Waals surface area contributed by atoms with Crippen molar-refractivity contribution in [3.8, 4) is 10.4 Å². The quantitative estimate of drug-likeness (QED) is 0.509. The zero-order valence-electron chi connectivity index (χ0n) is 19.2. The summed E-state index contributed by atoms with van der Waals surface area (Å²) in [5, 5.41) is 0. The molecule has 198 valence electrons. The highest BCUT2D eigenvalue weighted by molar-refractivity contribution is 7.91. The molecule has 1 amide bonds. The Morgan fingerprint density at radius 3 is 2.58 bits per heavy atom. The van der Waals surface area contributed by atoms with E-state index in [0.717, 1.165) is 45.1 Å². The highest BCUT2D eigenvalue weighted by Gasteiger charge is 2.43. The normalized spacial score (nSPS) is 22.4. The summed E-state index contributed by atoms with van der Waals surface area (Å²) in [7, 11) is -8.00. The lowest BCUT2D eigenvalue weighted by Crippen LogP contribution is -2.61. The van der Waals surface area contributed by atoms with Gasteiger partial charge in [0.2, 0.25) is 10.0 Å². The smallest absolute Gasteiger partial charge is 0.263 e. The maximum absolute atomic E-state index is 14.2. The highest BCUT2D eigenvalue weighted by atomic mass is 32.2. The first-order valence-corrected chi connectivity index (χ1v) is 15.2. The first-order chi connectivity index (χ1) is 17.0. The van der Waals surface area contributed by atoms with E-state index in [9.17, 15) is 30.4 Å². The molecule has 2 aliphatic heterocycles. The number of carbonyl (C=O) groups excluding carboxylic acids is 1. The van der Waals surface area contributed by atoms with E-state index in [2.05, 4.69) is 5.48 Å². The predicted octanol–water partition coefficient (Wildman–Crippen LogP) is 1.90. The monoisotopic (exact) mass is 565 g/mol. The third-order valence-electron chi connectivity index (χ3n) is 5.84. The van der Waals surface area contributed by atoms with Gasteiger partial charge in [0.1, 0.15) is 21.9 Å². The van der Waals surface area contributed by atoms with Crippen molar-refractivity contribution in [3.63, 3.8) is 0 Å². The SMILES string of the molecule is CS(=O)(=O)N1CCN(S(=O)(=O)c2ccc(-c3ccc(F)cc3F)s2)C(C(=O)NOC2CCCCO2)C1. The largest absolute Gasteiger partial charge is 0.350 e. The Labute approximate surface area is 211 Å². The van der Waals surface area contributed by atoms with Gasteiger partial charge in [0, 0.05) is 49.2 Å². The van der Waals surface area contributed by atoms with Crippen LogP contribution in [-0.4, -0.2) is 76.2 Å². The number of hydroxylamine groups is 1. The molecule has 2 aliphatic rings. The van der Waals surface area contributed by atoms with Crippen LogP contribution in [0.4, 0.5) is 8.78 Å². The Kier molecular flexibility index (Phi) is 8.09. The number of thiophene rings is 1. The second kappa shape index (κ2) is 10.8. The van der Waals surface area contributed by atoms with Gasteiger partial charge in [-0.3, -0.25) is 4.79 Å². The topological polar surface area (TPSA) is 122 Å². The second-order valence-corrected chi connectivity index (χ2v) is 13.6. The van der Waals surface area contributed by atoms with Gasteiger partial charge in [-0.1, -0.05) is 0 Å². The molecule has 3 heterocycles. The van der Waals surface area contributed by atoms with E-state index in [1.165, 1.54) is 18.2 Å². The van der Waals surface area contributed by atoms with Gasteiger partial charge in [0.05, 0.1) is 6.26 Å². The Morgan fingerprint density at radius 1 is 1.14 bits per heavy atom. The molecule has 10 nitrogen and oxygen atoms in total. The van der Waals surface area contributed by atoms with Crippen molar-refractivity contribution in [1.82, 2.24) is 14.1 Å². The zero-order valence-corrected chi connectivity index (χ0v) is 21.7. The molecule has 1 N–H and O–H groups in total. The first-order valence-electron chi connectivity index (χ1n) is 11.1. The summed E-state index contributed by atoms with van der Waals surface area (Å²) in [6.45, 7) is -0.393. The van der Waals surface area contributed by atoms with E-state index in [0.29, 0.717) is 19.1 Å². The zero-order chi connectivity index (χ0) is 26.1. The van der Waals surface area contributed by atoms with E-state index in [4.69, 9.17) is 9.57 Å². The van der Waals surface area contributed by atoms with Crippen LogP contribution in [0, 0.1) is 11.6 Å². The highest BCUT2D eigenvalue weighted by Crippen LogP contribution is 2.35. The molecule has 0 radical (unpaired) electrons. The predicted molar refractivity (Wildman–Crippen MR) is 127 cm³/mol. The molecule has 2 atom stereocenters. The van der Waals surface area contributed by atoms with Crippen LogP contribution in [0.5, 0.6) is 0 Å². The fourth-order valence-electron chi connectivity index (χ4n) is 3.95. The summed E-state index contributed by atoms with van der Waals surface area (Å²) in [4.78, 5) is 18.5. The van der Waals surface area contributed by atoms with E-state index >= 15 is 0 Å². The number of nitrogens with zero attached hydrogens (tertiary/aromatic N) is 2. The van der Waals surface area contributed by atoms with Crippen molar-refractivity contribution in [1.29, 1.82) is 0 Å². The van der Waals surface area contributed by atoms with E-state index < -0.39 is 56.5 Å². The van der Waals surface area contributed by atoms with Crippen LogP contribution in [0.25, 0.3) is 10.4 Å². The second-order valence-electron chi connectivity index (χ2n) is 8.38. The first kappa shape index (κ1) is 27.0. The van der Waals surface area contributed by atoms with Crippen molar-refractivity contribution in [2.75, 3.05) is 32.5 Å². The Bertz CT molecular complexity index is 1330. The van der Waals surface area contributed by atoms with Gasteiger partial charge >= 0.3 is 0 Å². The van der Waals surface area contributed by atoms with Crippen LogP contribution < -0.4 is 5.48 Å². The minimum Gasteiger partial charge on any atom is -0.350 e. The summed E-state index contributed by atoms with van der Waals surface area (Å²) in [6.07, 6.45) is 2.52. The van der Waals surface area contributed by atoms with E-state index in [1.54, 1.807) is 0 Å². The van der Waals surface area contributed by atoms with Crippen molar-refractivity contribution < 1.29 is 40.0 Å². The van der Waals surface area contributed by atoms with E-state index in [-0.39, 0.29) is 27.7 Å². The minimum absolute atomic E-state index is 0.0277. The van der Waals surface area contributed by atoms with Crippen LogP contribution >= 0.6 is 11.3 Å². The molecular weight excluding hydrogens is 540 g/mol. The molecule has 0 aliphatic carbocycles. The molecule has 0 spiro atoms. The summed E-state index contributed by atoms with van der Waals surface area (Å²) in [6, 6.07) is 4.20. The molecule has 36 heavy (non-hydrogen) atoms. The molecule has 1 aromatic heterocycles. The third kappa shape index (κ3) is 5.93. The summed E-state index contributed by atoms with van der Waals surface area (Å²) >= 11 is 0.756. The molecule has 1 aromatic carbocycles. The number of benzene rings is 1. The lowest BCUT2D eigenvalue weighted by molar-refractivity contribution is -0.202. The number of piperazine rings is 1. The van der Waals surface area contributed by atoms with Gasteiger partial charge < -0.3 is 4.74 Å². The van der Waals surface area contributed by atoms with Gasteiger partial charge in [0.15, 0.2) is 6.29 Å². The lowest BCUT2D eigenvalue weighted by atomic mass is 10.2. The Balaban J connectivity index is 1.59. The lowest BCUT2D eigenvalue weighted by Gasteiger charge is -2.38. The molecule has 0 saturated carbocycles. The molecule has 2 unspecified atom stereocenters. The summed E-state index contributed by atoms with van der Waals surface area (Å²) in [5.74, 6) is -2.46. The molecular formula is C21H25F2N3O7S3. The van der Waals surface area contributed by atoms with Crippen LogP contribution in [0.2, 0.25) is 0 Å². The molecule has 15 heteroatoms. The Hall–Kier alpha value is -2.01. The van der Waals surface area contributed by atoms with Crippen molar-refractivity contribution in [2.24, 2.45) is 0 Å². The number of sulfonamides is 2. The Morgan fingerprint density at radius 2 is 1.92 bits per heavy atom. The number of ether oxygens (including phenoxy) is 1. The molecule has 0 bridgehead atoms. The number of rotatable bonds is 7. The average molecular weight is 566 g/mol. The van der Waals surface area contributed by atoms with E-state index in [1.807, 2.05) is 0 Å². The molecule has 4 rings (SSSR count). The van der Waals surface area contributed by atoms with Crippen molar-refractivity contribution in [3.05, 3.63) is 42.0 Å². The number of carbonyl (C=O) groups is 1. The average Bonchev–Trinajstić information content (AvgIpc) is 3.33. The molecule has 2 aromatic rings. The van der Waals surface area contributed by atoms with Crippen LogP contribution in [-0.2, 0) is 34.4 Å². The van der Waals surface area contributed by atoms with Crippen LogP contribution in [0.1, 0.15) is 19.3 Å². The maximum Gasteiger partial charge on any atom is 0.263 e. The van der Waals surface area contributed by atoms with Gasteiger partial charge in [0.25, 0.3) is 15.9 Å². The number of amides is 1. The summed E-state index contributed by atoms with van der Waals surface area (Å²) in [5.41, 5.74) is 2.25. The van der Waals surface area contributed by atoms with Crippen LogP contribution in [0.15, 0.2) is 34.5 Å². The number of nitrogens with one attached hydrogen (secondary N) is 1. The van der Waals surface area contributed by atoms with Crippen molar-refractivity contribution in [2.45, 2.75) is 35.8 Å². The third-order valence-corrected chi connectivity index (χ3v) is 10.6. The molecule has 2 fully saturated rings. The maximum atomic E-state index is 14.2. The fourth-order valence-corrected chi connectivity index (χ4v) is 7.81. The van der Waals surface area contributed by atoms with Gasteiger partial charge in [-0.2, -0.15) is 8.61 Å².